The number of halogens is 3. The number of hydrogen-bond donors (Lipinski definition) is 2. The summed E-state index contributed by atoms with van der Waals surface area (Å²) < 4.78 is 39.7. The molecule has 3 aliphatic rings. The lowest BCUT2D eigenvalue weighted by Crippen LogP contribution is -2.41. The molecule has 0 bridgehead atoms. The van der Waals surface area contributed by atoms with Crippen LogP contribution < -0.4 is 15.6 Å². The topological polar surface area (TPSA) is 60.0 Å². The standard InChI is InChI=1S/C16H18F3N5O/c17-16(18,19)12-3-1-2-4-13(12)23-5-10-7-24(8-11(10)6-23)15(25)14-20-9-21-22-14/h1-4,10-11,21H,5-9H2,(H,20,22)/t10-,11+. The van der Waals surface area contributed by atoms with Crippen LogP contribution in [0.4, 0.5) is 18.9 Å². The number of benzene rings is 1. The molecule has 0 aromatic heterocycles. The normalized spacial score (nSPS) is 25.5. The minimum absolute atomic E-state index is 0.151. The molecule has 2 fully saturated rings. The second-order valence-electron chi connectivity index (χ2n) is 6.62. The van der Waals surface area contributed by atoms with Crippen LogP contribution >= 0.6 is 0 Å². The Labute approximate surface area is 142 Å². The number of amidine groups is 1. The van der Waals surface area contributed by atoms with Gasteiger partial charge < -0.3 is 15.1 Å². The fraction of sp³-hybridized carbons (Fsp3) is 0.500. The number of fused-ring (bicyclic) bond motifs is 1. The third-order valence-corrected chi connectivity index (χ3v) is 5.05. The van der Waals surface area contributed by atoms with E-state index in [4.69, 9.17) is 0 Å². The van der Waals surface area contributed by atoms with Gasteiger partial charge >= 0.3 is 6.18 Å². The Hall–Kier alpha value is -2.45. The number of carbonyl (C=O) groups excluding carboxylic acids is 1. The maximum absolute atomic E-state index is 13.2. The predicted octanol–water partition coefficient (Wildman–Crippen LogP) is 1.06. The summed E-state index contributed by atoms with van der Waals surface area (Å²) in [4.78, 5) is 15.9. The Balaban J connectivity index is 1.46. The largest absolute Gasteiger partial charge is 0.418 e. The monoisotopic (exact) mass is 353 g/mol. The fourth-order valence-corrected chi connectivity index (χ4v) is 3.90. The smallest absolute Gasteiger partial charge is 0.370 e. The van der Waals surface area contributed by atoms with Crippen LogP contribution in [0.5, 0.6) is 0 Å². The van der Waals surface area contributed by atoms with E-state index < -0.39 is 11.7 Å². The van der Waals surface area contributed by atoms with Crippen molar-refractivity contribution in [3.63, 3.8) is 0 Å². The number of hydrazone groups is 1. The summed E-state index contributed by atoms with van der Waals surface area (Å²) >= 11 is 0. The van der Waals surface area contributed by atoms with Gasteiger partial charge in [0.2, 0.25) is 5.84 Å². The van der Waals surface area contributed by atoms with Crippen molar-refractivity contribution in [3.05, 3.63) is 29.8 Å². The van der Waals surface area contributed by atoms with Crippen LogP contribution in [0, 0.1) is 11.8 Å². The van der Waals surface area contributed by atoms with Gasteiger partial charge in [0.25, 0.3) is 5.91 Å². The SMILES string of the molecule is O=C(C1=NNCN1)N1C[C@@H]2CN(c3ccccc3C(F)(F)F)C[C@@H]2C1. The first-order valence-electron chi connectivity index (χ1n) is 8.18. The zero-order valence-corrected chi connectivity index (χ0v) is 13.4. The van der Waals surface area contributed by atoms with Crippen molar-refractivity contribution >= 4 is 17.4 Å². The molecule has 2 saturated heterocycles. The molecule has 0 radical (unpaired) electrons. The zero-order valence-electron chi connectivity index (χ0n) is 13.4. The van der Waals surface area contributed by atoms with Crippen molar-refractivity contribution in [2.45, 2.75) is 6.18 Å². The molecule has 0 unspecified atom stereocenters. The van der Waals surface area contributed by atoms with Crippen LogP contribution in [0.15, 0.2) is 29.4 Å². The Morgan fingerprint density at radius 2 is 1.80 bits per heavy atom. The summed E-state index contributed by atoms with van der Waals surface area (Å²) in [5, 5.41) is 6.77. The number of rotatable bonds is 2. The average Bonchev–Trinajstić information content (AvgIpc) is 3.29. The van der Waals surface area contributed by atoms with E-state index in [1.54, 1.807) is 15.9 Å². The van der Waals surface area contributed by atoms with Crippen molar-refractivity contribution in [1.29, 1.82) is 0 Å². The van der Waals surface area contributed by atoms with Crippen molar-refractivity contribution in [3.8, 4) is 0 Å². The molecule has 1 aromatic rings. The van der Waals surface area contributed by atoms with E-state index >= 15 is 0 Å². The highest BCUT2D eigenvalue weighted by molar-refractivity contribution is 6.38. The van der Waals surface area contributed by atoms with Crippen LogP contribution in [-0.2, 0) is 11.0 Å². The average molecular weight is 353 g/mol. The number of likely N-dealkylation sites (tertiary alicyclic amines) is 1. The molecule has 3 aliphatic heterocycles. The number of para-hydroxylation sites is 1. The molecule has 1 aromatic carbocycles. The van der Waals surface area contributed by atoms with E-state index in [2.05, 4.69) is 15.8 Å². The molecule has 0 aliphatic carbocycles. The van der Waals surface area contributed by atoms with Crippen molar-refractivity contribution in [2.75, 3.05) is 37.7 Å². The number of amides is 1. The van der Waals surface area contributed by atoms with Crippen molar-refractivity contribution in [2.24, 2.45) is 16.9 Å². The molecule has 134 valence electrons. The van der Waals surface area contributed by atoms with Gasteiger partial charge in [0.15, 0.2) is 0 Å². The first kappa shape index (κ1) is 16.0. The van der Waals surface area contributed by atoms with E-state index in [0.717, 1.165) is 6.07 Å². The van der Waals surface area contributed by atoms with Crippen LogP contribution in [0.2, 0.25) is 0 Å². The summed E-state index contributed by atoms with van der Waals surface area (Å²) in [6, 6.07) is 5.68. The summed E-state index contributed by atoms with van der Waals surface area (Å²) in [7, 11) is 0. The maximum Gasteiger partial charge on any atom is 0.418 e. The highest BCUT2D eigenvalue weighted by Crippen LogP contribution is 2.40. The summed E-state index contributed by atoms with van der Waals surface area (Å²) in [6.45, 7) is 2.59. The Kier molecular flexibility index (Phi) is 3.73. The van der Waals surface area contributed by atoms with E-state index in [0.29, 0.717) is 38.7 Å². The van der Waals surface area contributed by atoms with Crippen LogP contribution in [0.1, 0.15) is 5.56 Å². The zero-order chi connectivity index (χ0) is 17.6. The number of anilines is 1. The van der Waals surface area contributed by atoms with Crippen LogP contribution in [0.25, 0.3) is 0 Å². The number of alkyl halides is 3. The molecule has 6 nitrogen and oxygen atoms in total. The lowest BCUT2D eigenvalue weighted by atomic mass is 10.0. The molecular weight excluding hydrogens is 335 g/mol. The highest BCUT2D eigenvalue weighted by atomic mass is 19.4. The van der Waals surface area contributed by atoms with Gasteiger partial charge in [-0.3, -0.25) is 10.2 Å². The molecule has 0 spiro atoms. The highest BCUT2D eigenvalue weighted by Gasteiger charge is 2.44. The molecule has 2 atom stereocenters. The van der Waals surface area contributed by atoms with Gasteiger partial charge in [-0.1, -0.05) is 12.1 Å². The molecule has 25 heavy (non-hydrogen) atoms. The van der Waals surface area contributed by atoms with E-state index in [-0.39, 0.29) is 23.4 Å². The number of carbonyl (C=O) groups is 1. The van der Waals surface area contributed by atoms with Gasteiger partial charge in [0.05, 0.1) is 5.56 Å². The molecule has 1 amide bonds. The number of nitrogens with one attached hydrogen (secondary N) is 2. The van der Waals surface area contributed by atoms with Crippen molar-refractivity contribution in [1.82, 2.24) is 15.6 Å². The molecule has 9 heteroatoms. The van der Waals surface area contributed by atoms with Gasteiger partial charge in [-0.25, -0.2) is 0 Å². The van der Waals surface area contributed by atoms with Gasteiger partial charge in [0.1, 0.15) is 6.67 Å². The first-order valence-corrected chi connectivity index (χ1v) is 8.18. The fourth-order valence-electron chi connectivity index (χ4n) is 3.90. The number of nitrogens with zero attached hydrogens (tertiary/aromatic N) is 3. The summed E-state index contributed by atoms with van der Waals surface area (Å²) in [6.07, 6.45) is -4.37. The van der Waals surface area contributed by atoms with Gasteiger partial charge in [-0.05, 0) is 12.1 Å². The summed E-state index contributed by atoms with van der Waals surface area (Å²) in [5.74, 6) is 0.515. The lowest BCUT2D eigenvalue weighted by molar-refractivity contribution is -0.137. The molecule has 4 rings (SSSR count). The van der Waals surface area contributed by atoms with E-state index in [1.807, 2.05) is 0 Å². The lowest BCUT2D eigenvalue weighted by Gasteiger charge is -2.25. The van der Waals surface area contributed by atoms with E-state index in [9.17, 15) is 18.0 Å². The molecule has 0 saturated carbocycles. The number of hydrogen-bond acceptors (Lipinski definition) is 5. The third kappa shape index (κ3) is 2.87. The quantitative estimate of drug-likeness (QED) is 0.835. The van der Waals surface area contributed by atoms with Gasteiger partial charge in [0, 0.05) is 43.7 Å². The summed E-state index contributed by atoms with van der Waals surface area (Å²) in [5.41, 5.74) is 2.32. The second-order valence-corrected chi connectivity index (χ2v) is 6.62. The van der Waals surface area contributed by atoms with Crippen LogP contribution in [-0.4, -0.2) is 49.5 Å². The van der Waals surface area contributed by atoms with Crippen LogP contribution in [0.3, 0.4) is 0 Å². The predicted molar refractivity (Wildman–Crippen MR) is 85.8 cm³/mol. The van der Waals surface area contributed by atoms with Gasteiger partial charge in [-0.15, -0.1) is 0 Å². The van der Waals surface area contributed by atoms with E-state index in [1.165, 1.54) is 12.1 Å². The minimum Gasteiger partial charge on any atom is -0.370 e. The molecule has 2 N–H and O–H groups in total. The Morgan fingerprint density at radius 1 is 1.12 bits per heavy atom. The molecule has 3 heterocycles. The molecular formula is C16H18F3N5O. The Morgan fingerprint density at radius 3 is 2.40 bits per heavy atom. The first-order chi connectivity index (χ1) is 11.9. The Bertz CT molecular complexity index is 706. The van der Waals surface area contributed by atoms with Gasteiger partial charge in [-0.2, -0.15) is 18.3 Å². The second kappa shape index (κ2) is 5.82. The third-order valence-electron chi connectivity index (χ3n) is 5.05. The maximum atomic E-state index is 13.2. The van der Waals surface area contributed by atoms with Crippen molar-refractivity contribution < 1.29 is 18.0 Å². The minimum atomic E-state index is -4.37.